The van der Waals surface area contributed by atoms with Crippen LogP contribution in [0.5, 0.6) is 0 Å². The van der Waals surface area contributed by atoms with Crippen LogP contribution >= 0.6 is 11.3 Å². The number of rotatable bonds is 4. The van der Waals surface area contributed by atoms with E-state index >= 15 is 0 Å². The number of hydrogen-bond donors (Lipinski definition) is 0. The molecule has 0 bridgehead atoms. The second-order valence-electron chi connectivity index (χ2n) is 9.53. The molecule has 32 heavy (non-hydrogen) atoms. The van der Waals surface area contributed by atoms with E-state index in [1.807, 2.05) is 35.2 Å². The molecule has 0 saturated carbocycles. The molecule has 0 spiro atoms. The zero-order valence-corrected chi connectivity index (χ0v) is 19.5. The van der Waals surface area contributed by atoms with Gasteiger partial charge in [-0.2, -0.15) is 0 Å². The Kier molecular flexibility index (Phi) is 5.53. The van der Waals surface area contributed by atoms with Crippen molar-refractivity contribution in [2.24, 2.45) is 11.8 Å². The van der Waals surface area contributed by atoms with E-state index in [2.05, 4.69) is 13.8 Å². The minimum Gasteiger partial charge on any atom is -0.341 e. The summed E-state index contributed by atoms with van der Waals surface area (Å²) in [6.07, 6.45) is 3.96. The van der Waals surface area contributed by atoms with Crippen molar-refractivity contribution in [1.82, 2.24) is 14.0 Å². The number of carbonyl (C=O) groups excluding carboxylic acids is 1. The second kappa shape index (κ2) is 8.35. The fourth-order valence-corrected chi connectivity index (χ4v) is 6.77. The minimum absolute atomic E-state index is 0.0107. The third-order valence-electron chi connectivity index (χ3n) is 6.77. The molecule has 0 N–H and O–H groups in total. The lowest BCUT2D eigenvalue weighted by molar-refractivity contribution is -0.134. The highest BCUT2D eigenvalue weighted by Gasteiger charge is 2.29. The molecule has 1 aromatic carbocycles. The highest BCUT2D eigenvalue weighted by Crippen LogP contribution is 2.35. The van der Waals surface area contributed by atoms with Crippen LogP contribution in [0.25, 0.3) is 10.2 Å². The molecule has 1 fully saturated rings. The van der Waals surface area contributed by atoms with Crippen molar-refractivity contribution >= 4 is 27.5 Å². The van der Waals surface area contributed by atoms with Crippen molar-refractivity contribution in [2.45, 2.75) is 52.6 Å². The van der Waals surface area contributed by atoms with Crippen LogP contribution in [0, 0.1) is 11.8 Å². The highest BCUT2D eigenvalue weighted by atomic mass is 32.1. The Morgan fingerprint density at radius 2 is 1.75 bits per heavy atom. The molecule has 2 aliphatic rings. The third kappa shape index (κ3) is 3.72. The first-order valence-electron chi connectivity index (χ1n) is 11.5. The molecule has 5 rings (SSSR count). The van der Waals surface area contributed by atoms with Crippen LogP contribution in [0.2, 0.25) is 0 Å². The standard InChI is InChI=1S/C25H29N3O3S/c1-16-11-17(2)13-26(12-16)21(29)15-28-24-22(19-9-6-10-20(19)32-24)23(30)27(25(28)31)14-18-7-4-3-5-8-18/h3-5,7-8,16-17H,6,9-15H2,1-2H3/t16-,17-/m1/s1. The first-order chi connectivity index (χ1) is 15.4. The summed E-state index contributed by atoms with van der Waals surface area (Å²) in [6.45, 7) is 6.00. The molecular formula is C25H29N3O3S. The van der Waals surface area contributed by atoms with Crippen molar-refractivity contribution < 1.29 is 4.79 Å². The fourth-order valence-electron chi connectivity index (χ4n) is 5.40. The number of aromatic nitrogens is 2. The number of piperidine rings is 1. The molecule has 2 atom stereocenters. The van der Waals surface area contributed by atoms with Crippen LogP contribution in [0.15, 0.2) is 39.9 Å². The van der Waals surface area contributed by atoms with Crippen molar-refractivity contribution in [3.05, 3.63) is 67.2 Å². The van der Waals surface area contributed by atoms with Gasteiger partial charge in [-0.15, -0.1) is 11.3 Å². The molecule has 7 heteroatoms. The Hall–Kier alpha value is -2.67. The molecule has 3 aromatic rings. The number of hydrogen-bond acceptors (Lipinski definition) is 4. The number of carbonyl (C=O) groups is 1. The lowest BCUT2D eigenvalue weighted by atomic mass is 9.92. The number of likely N-dealkylation sites (tertiary alicyclic amines) is 1. The van der Waals surface area contributed by atoms with Gasteiger partial charge in [0, 0.05) is 18.0 Å². The second-order valence-corrected chi connectivity index (χ2v) is 10.6. The molecular weight excluding hydrogens is 422 g/mol. The zero-order chi connectivity index (χ0) is 22.4. The van der Waals surface area contributed by atoms with Gasteiger partial charge in [0.1, 0.15) is 11.4 Å². The van der Waals surface area contributed by atoms with Crippen LogP contribution in [0.1, 0.15) is 42.7 Å². The molecule has 6 nitrogen and oxygen atoms in total. The number of aryl methyl sites for hydroxylation is 2. The van der Waals surface area contributed by atoms with E-state index in [9.17, 15) is 14.4 Å². The molecule has 0 unspecified atom stereocenters. The summed E-state index contributed by atoms with van der Waals surface area (Å²) in [5, 5.41) is 0.645. The van der Waals surface area contributed by atoms with Gasteiger partial charge in [-0.25, -0.2) is 4.79 Å². The molecule has 1 amide bonds. The van der Waals surface area contributed by atoms with Gasteiger partial charge in [0.15, 0.2) is 0 Å². The lowest BCUT2D eigenvalue weighted by Crippen LogP contribution is -2.47. The predicted octanol–water partition coefficient (Wildman–Crippen LogP) is 3.27. The van der Waals surface area contributed by atoms with Gasteiger partial charge in [0.05, 0.1) is 11.9 Å². The monoisotopic (exact) mass is 451 g/mol. The smallest absolute Gasteiger partial charge is 0.332 e. The maximum atomic E-state index is 13.5. The maximum absolute atomic E-state index is 13.5. The summed E-state index contributed by atoms with van der Waals surface area (Å²) in [6, 6.07) is 9.56. The van der Waals surface area contributed by atoms with Gasteiger partial charge >= 0.3 is 5.69 Å². The Balaban J connectivity index is 1.60. The minimum atomic E-state index is -0.391. The fraction of sp³-hybridized carbons (Fsp3) is 0.480. The third-order valence-corrected chi connectivity index (χ3v) is 8.08. The largest absolute Gasteiger partial charge is 0.341 e. The van der Waals surface area contributed by atoms with Crippen LogP contribution in [0.4, 0.5) is 0 Å². The topological polar surface area (TPSA) is 64.3 Å². The van der Waals surface area contributed by atoms with E-state index in [1.165, 1.54) is 20.8 Å². The Morgan fingerprint density at radius 3 is 2.47 bits per heavy atom. The number of benzene rings is 1. The molecule has 168 valence electrons. The van der Waals surface area contributed by atoms with Crippen LogP contribution < -0.4 is 11.2 Å². The number of fused-ring (bicyclic) bond motifs is 3. The summed E-state index contributed by atoms with van der Waals surface area (Å²) in [7, 11) is 0. The average molecular weight is 452 g/mol. The lowest BCUT2D eigenvalue weighted by Gasteiger charge is -2.35. The van der Waals surface area contributed by atoms with E-state index in [4.69, 9.17) is 0 Å². The summed E-state index contributed by atoms with van der Waals surface area (Å²) in [5.74, 6) is 0.874. The quantitative estimate of drug-likeness (QED) is 0.612. The Labute approximate surface area is 191 Å². The Bertz CT molecular complexity index is 1280. The summed E-state index contributed by atoms with van der Waals surface area (Å²) < 4.78 is 2.88. The van der Waals surface area contributed by atoms with E-state index in [1.54, 1.807) is 4.57 Å². The molecule has 0 radical (unpaired) electrons. The molecule has 2 aromatic heterocycles. The average Bonchev–Trinajstić information content (AvgIpc) is 3.35. The van der Waals surface area contributed by atoms with Crippen molar-refractivity contribution in [1.29, 1.82) is 0 Å². The van der Waals surface area contributed by atoms with E-state index in [0.717, 1.165) is 49.9 Å². The van der Waals surface area contributed by atoms with Crippen molar-refractivity contribution in [3.63, 3.8) is 0 Å². The molecule has 1 aliphatic heterocycles. The van der Waals surface area contributed by atoms with Crippen LogP contribution in [-0.2, 0) is 30.7 Å². The van der Waals surface area contributed by atoms with E-state index in [-0.39, 0.29) is 24.6 Å². The normalized spacial score (nSPS) is 20.6. The Morgan fingerprint density at radius 1 is 1.03 bits per heavy atom. The van der Waals surface area contributed by atoms with Gasteiger partial charge in [0.25, 0.3) is 5.56 Å². The van der Waals surface area contributed by atoms with Gasteiger partial charge < -0.3 is 4.90 Å². The SMILES string of the molecule is C[C@@H]1C[C@@H](C)CN(C(=O)Cn2c(=O)n(Cc3ccccc3)c(=O)c3c4c(sc32)CCC4)C1. The van der Waals surface area contributed by atoms with Crippen LogP contribution in [-0.4, -0.2) is 33.0 Å². The number of amides is 1. The van der Waals surface area contributed by atoms with Gasteiger partial charge in [0.2, 0.25) is 5.91 Å². The summed E-state index contributed by atoms with van der Waals surface area (Å²) in [5.41, 5.74) is 1.36. The predicted molar refractivity (Wildman–Crippen MR) is 127 cm³/mol. The first-order valence-corrected chi connectivity index (χ1v) is 12.3. The van der Waals surface area contributed by atoms with Gasteiger partial charge in [-0.1, -0.05) is 44.2 Å². The van der Waals surface area contributed by atoms with E-state index < -0.39 is 5.69 Å². The maximum Gasteiger partial charge on any atom is 0.332 e. The highest BCUT2D eigenvalue weighted by molar-refractivity contribution is 7.19. The van der Waals surface area contributed by atoms with Crippen molar-refractivity contribution in [3.8, 4) is 0 Å². The number of thiophene rings is 1. The van der Waals surface area contributed by atoms with Gasteiger partial charge in [-0.05, 0) is 48.6 Å². The number of nitrogens with zero attached hydrogens (tertiary/aromatic N) is 3. The molecule has 1 aliphatic carbocycles. The first kappa shape index (κ1) is 21.2. The van der Waals surface area contributed by atoms with Gasteiger partial charge in [-0.3, -0.25) is 18.7 Å². The molecule has 1 saturated heterocycles. The van der Waals surface area contributed by atoms with Crippen molar-refractivity contribution in [2.75, 3.05) is 13.1 Å². The van der Waals surface area contributed by atoms with E-state index in [0.29, 0.717) is 22.1 Å². The van der Waals surface area contributed by atoms with Crippen LogP contribution in [0.3, 0.4) is 0 Å². The summed E-state index contributed by atoms with van der Waals surface area (Å²) >= 11 is 1.52. The zero-order valence-electron chi connectivity index (χ0n) is 18.7. The molecule has 3 heterocycles. The summed E-state index contributed by atoms with van der Waals surface area (Å²) in [4.78, 5) is 44.0.